The van der Waals surface area contributed by atoms with Gasteiger partial charge in [-0.2, -0.15) is 0 Å². The Kier molecular flexibility index (Phi) is 8.68. The van der Waals surface area contributed by atoms with E-state index in [0.29, 0.717) is 6.61 Å². The number of hydrogen-bond donors (Lipinski definition) is 1. The van der Waals surface area contributed by atoms with Crippen molar-refractivity contribution in [1.29, 1.82) is 0 Å². The number of rotatable bonds is 10. The molecule has 0 aliphatic heterocycles. The molecule has 4 heteroatoms. The molecule has 0 atom stereocenters. The molecule has 0 heterocycles. The maximum Gasteiger partial charge on any atom is 0.178 e. The van der Waals surface area contributed by atoms with E-state index in [4.69, 9.17) is 4.74 Å². The maximum absolute atomic E-state index is 12.2. The Labute approximate surface area is 174 Å². The summed E-state index contributed by atoms with van der Waals surface area (Å²) < 4.78 is 5.85. The number of carbonyl (C=O) groups is 1. The van der Waals surface area contributed by atoms with Crippen LogP contribution >= 0.6 is 0 Å². The number of phenols is 1. The van der Waals surface area contributed by atoms with Crippen molar-refractivity contribution in [2.24, 2.45) is 0 Å². The Morgan fingerprint density at radius 1 is 0.966 bits per heavy atom. The van der Waals surface area contributed by atoms with Gasteiger partial charge in [-0.05, 0) is 85.6 Å². The molecule has 1 N–H and O–H groups in total. The van der Waals surface area contributed by atoms with Crippen LogP contribution in [0.2, 0.25) is 0 Å². The molecule has 0 amide bonds. The molecule has 0 aliphatic carbocycles. The zero-order chi connectivity index (χ0) is 21.2. The number of ether oxygens (including phenoxy) is 1. The molecule has 0 aliphatic rings. The predicted molar refractivity (Wildman–Crippen MR) is 120 cm³/mol. The molecule has 0 bridgehead atoms. The topological polar surface area (TPSA) is 49.8 Å². The average Bonchev–Trinajstić information content (AvgIpc) is 2.70. The van der Waals surface area contributed by atoms with Gasteiger partial charge in [0.05, 0.1) is 0 Å². The maximum atomic E-state index is 12.2. The van der Waals surface area contributed by atoms with Gasteiger partial charge in [0, 0.05) is 6.54 Å². The van der Waals surface area contributed by atoms with Crippen molar-refractivity contribution >= 4 is 17.9 Å². The number of aryl methyl sites for hydroxylation is 2. The van der Waals surface area contributed by atoms with Crippen LogP contribution in [-0.2, 0) is 4.79 Å². The molecule has 154 valence electrons. The van der Waals surface area contributed by atoms with Gasteiger partial charge >= 0.3 is 0 Å². The first-order valence-electron chi connectivity index (χ1n) is 10.1. The van der Waals surface area contributed by atoms with Crippen molar-refractivity contribution in [2.45, 2.75) is 27.7 Å². The van der Waals surface area contributed by atoms with E-state index >= 15 is 0 Å². The lowest BCUT2D eigenvalue weighted by molar-refractivity contribution is -0.110. The van der Waals surface area contributed by atoms with Crippen LogP contribution in [0.5, 0.6) is 11.5 Å². The first-order chi connectivity index (χ1) is 13.9. The van der Waals surface area contributed by atoms with E-state index in [0.717, 1.165) is 47.6 Å². The van der Waals surface area contributed by atoms with Crippen molar-refractivity contribution in [3.05, 3.63) is 70.8 Å². The van der Waals surface area contributed by atoms with Gasteiger partial charge < -0.3 is 14.7 Å². The van der Waals surface area contributed by atoms with Crippen LogP contribution in [0.3, 0.4) is 0 Å². The molecule has 0 aromatic heterocycles. The molecule has 4 nitrogen and oxygen atoms in total. The number of phenolic OH excluding ortho intramolecular Hbond substituents is 1. The third-order valence-corrected chi connectivity index (χ3v) is 4.92. The lowest BCUT2D eigenvalue weighted by Crippen LogP contribution is -2.27. The molecule has 0 fully saturated rings. The molecular weight excluding hydrogens is 362 g/mol. The summed E-state index contributed by atoms with van der Waals surface area (Å²) in [6, 6.07) is 11.0. The number of carbonyl (C=O) groups excluding carboxylic acids is 1. The molecule has 2 aromatic carbocycles. The van der Waals surface area contributed by atoms with Gasteiger partial charge in [0.2, 0.25) is 0 Å². The van der Waals surface area contributed by atoms with E-state index in [1.807, 2.05) is 38.1 Å². The summed E-state index contributed by atoms with van der Waals surface area (Å²) in [6.45, 7) is 11.8. The number of allylic oxidation sites excluding steroid dienone is 2. The molecule has 0 saturated heterocycles. The second-order valence-electron chi connectivity index (χ2n) is 7.00. The van der Waals surface area contributed by atoms with Gasteiger partial charge in [0.25, 0.3) is 0 Å². The molecule has 2 aromatic rings. The first kappa shape index (κ1) is 22.4. The monoisotopic (exact) mass is 393 g/mol. The minimum Gasteiger partial charge on any atom is -0.508 e. The van der Waals surface area contributed by atoms with E-state index in [1.54, 1.807) is 30.4 Å². The van der Waals surface area contributed by atoms with Crippen LogP contribution in [-0.4, -0.2) is 42.0 Å². The molecule has 0 unspecified atom stereocenters. The normalized spacial score (nSPS) is 11.6. The van der Waals surface area contributed by atoms with Gasteiger partial charge in [0.1, 0.15) is 18.1 Å². The summed E-state index contributed by atoms with van der Waals surface area (Å²) in [5, 5.41) is 9.45. The number of benzene rings is 2. The van der Waals surface area contributed by atoms with Crippen LogP contribution in [0.15, 0.2) is 48.6 Å². The second-order valence-corrected chi connectivity index (χ2v) is 7.00. The highest BCUT2D eigenvalue weighted by Crippen LogP contribution is 2.19. The Bertz CT molecular complexity index is 880. The van der Waals surface area contributed by atoms with Gasteiger partial charge in [-0.1, -0.05) is 38.1 Å². The lowest BCUT2D eigenvalue weighted by atomic mass is 10.1. The minimum absolute atomic E-state index is 0.0866. The zero-order valence-electron chi connectivity index (χ0n) is 17.8. The van der Waals surface area contributed by atoms with E-state index < -0.39 is 0 Å². The fraction of sp³-hybridized carbons (Fsp3) is 0.320. The van der Waals surface area contributed by atoms with Gasteiger partial charge in [0.15, 0.2) is 5.78 Å². The summed E-state index contributed by atoms with van der Waals surface area (Å²) in [5.41, 5.74) is 3.88. The zero-order valence-corrected chi connectivity index (χ0v) is 17.8. The summed E-state index contributed by atoms with van der Waals surface area (Å²) >= 11 is 0. The lowest BCUT2D eigenvalue weighted by Gasteiger charge is -2.18. The third-order valence-electron chi connectivity index (χ3n) is 4.92. The quantitative estimate of drug-likeness (QED) is 0.576. The number of hydrogen-bond acceptors (Lipinski definition) is 4. The van der Waals surface area contributed by atoms with Crippen molar-refractivity contribution < 1.29 is 14.6 Å². The van der Waals surface area contributed by atoms with Crippen LogP contribution in [0.25, 0.3) is 12.2 Å². The van der Waals surface area contributed by atoms with Gasteiger partial charge in [-0.15, -0.1) is 0 Å². The van der Waals surface area contributed by atoms with Crippen molar-refractivity contribution in [3.8, 4) is 11.5 Å². The summed E-state index contributed by atoms with van der Waals surface area (Å²) in [5.74, 6) is 0.985. The fourth-order valence-corrected chi connectivity index (χ4v) is 3.00. The van der Waals surface area contributed by atoms with Crippen molar-refractivity contribution in [3.63, 3.8) is 0 Å². The molecular formula is C25H31NO3. The minimum atomic E-state index is -0.0866. The smallest absolute Gasteiger partial charge is 0.178 e. The van der Waals surface area contributed by atoms with Gasteiger partial charge in [-0.3, -0.25) is 4.79 Å². The van der Waals surface area contributed by atoms with Crippen molar-refractivity contribution in [2.75, 3.05) is 26.2 Å². The van der Waals surface area contributed by atoms with E-state index in [9.17, 15) is 9.90 Å². The van der Waals surface area contributed by atoms with Gasteiger partial charge in [-0.25, -0.2) is 0 Å². The Hall–Kier alpha value is -2.85. The van der Waals surface area contributed by atoms with Crippen LogP contribution in [0, 0.1) is 13.8 Å². The highest BCUT2D eigenvalue weighted by Gasteiger charge is 2.02. The number of nitrogens with zero attached hydrogens (tertiary/aromatic N) is 1. The summed E-state index contributed by atoms with van der Waals surface area (Å²) in [4.78, 5) is 14.5. The Morgan fingerprint density at radius 3 is 2.10 bits per heavy atom. The Morgan fingerprint density at radius 2 is 1.55 bits per heavy atom. The second kappa shape index (κ2) is 11.2. The molecule has 29 heavy (non-hydrogen) atoms. The van der Waals surface area contributed by atoms with E-state index in [2.05, 4.69) is 18.7 Å². The number of ketones is 1. The fourth-order valence-electron chi connectivity index (χ4n) is 3.00. The molecule has 0 spiro atoms. The Balaban J connectivity index is 1.94. The van der Waals surface area contributed by atoms with E-state index in [-0.39, 0.29) is 11.5 Å². The van der Waals surface area contributed by atoms with Crippen molar-refractivity contribution in [1.82, 2.24) is 4.90 Å². The predicted octanol–water partition coefficient (Wildman–Crippen LogP) is 5.03. The molecule has 0 saturated carbocycles. The van der Waals surface area contributed by atoms with Crippen LogP contribution in [0.4, 0.5) is 0 Å². The summed E-state index contributed by atoms with van der Waals surface area (Å²) in [6.07, 6.45) is 6.69. The number of aromatic hydroxyl groups is 1. The first-order valence-corrected chi connectivity index (χ1v) is 10.1. The highest BCUT2D eigenvalue weighted by atomic mass is 16.5. The van der Waals surface area contributed by atoms with Crippen LogP contribution in [0.1, 0.15) is 36.1 Å². The van der Waals surface area contributed by atoms with E-state index in [1.165, 1.54) is 6.08 Å². The highest BCUT2D eigenvalue weighted by molar-refractivity contribution is 6.04. The summed E-state index contributed by atoms with van der Waals surface area (Å²) in [7, 11) is 0. The molecule has 2 rings (SSSR count). The SMILES string of the molecule is CCN(CC)CCOc1ccc(/C=C/C(=O)/C=C/c2ccc(O)cc2C)c(C)c1. The third kappa shape index (κ3) is 7.24. The largest absolute Gasteiger partial charge is 0.508 e. The molecule has 0 radical (unpaired) electrons. The average molecular weight is 394 g/mol. The standard InChI is InChI=1S/C25H31NO3/c1-5-26(6-2)15-16-29-25-14-10-22(20(4)18-25)8-12-23(27)11-7-21-9-13-24(28)17-19(21)3/h7-14,17-18,28H,5-6,15-16H2,1-4H3/b11-7+,12-8+. The van der Waals surface area contributed by atoms with Crippen LogP contribution < -0.4 is 4.74 Å². The number of likely N-dealkylation sites (N-methyl/N-ethyl adjacent to an activating group) is 1.